The van der Waals surface area contributed by atoms with E-state index in [0.717, 1.165) is 23.5 Å². The number of sulfonamides is 1. The molecule has 0 aliphatic heterocycles. The molecule has 0 fully saturated rings. The van der Waals surface area contributed by atoms with Crippen molar-refractivity contribution in [2.45, 2.75) is 11.3 Å². The Hall–Kier alpha value is -2.85. The molecule has 0 atom stereocenters. The summed E-state index contributed by atoms with van der Waals surface area (Å²) in [5, 5.41) is 3.94. The first-order valence-electron chi connectivity index (χ1n) is 7.61. The van der Waals surface area contributed by atoms with Gasteiger partial charge < -0.3 is 5.32 Å². The summed E-state index contributed by atoms with van der Waals surface area (Å²) in [6.07, 6.45) is -0.194. The van der Waals surface area contributed by atoms with Crippen LogP contribution in [0.3, 0.4) is 0 Å². The summed E-state index contributed by atoms with van der Waals surface area (Å²) in [7, 11) is -3.77. The van der Waals surface area contributed by atoms with Crippen LogP contribution in [-0.2, 0) is 21.2 Å². The first-order chi connectivity index (χ1) is 12.8. The van der Waals surface area contributed by atoms with Gasteiger partial charge in [-0.3, -0.25) is 9.52 Å². The maximum absolute atomic E-state index is 13.6. The van der Waals surface area contributed by atoms with Crippen LogP contribution < -0.4 is 10.0 Å². The number of nitrogens with zero attached hydrogens (tertiary/aromatic N) is 1. The van der Waals surface area contributed by atoms with Gasteiger partial charge in [0.25, 0.3) is 10.0 Å². The molecule has 6 nitrogen and oxygen atoms in total. The molecule has 1 aromatic heterocycles. The molecule has 2 aromatic carbocycles. The molecule has 0 saturated heterocycles. The lowest BCUT2D eigenvalue weighted by Crippen LogP contribution is -2.16. The lowest BCUT2D eigenvalue weighted by atomic mass is 10.2. The van der Waals surface area contributed by atoms with E-state index in [1.165, 1.54) is 17.5 Å². The van der Waals surface area contributed by atoms with E-state index in [2.05, 4.69) is 15.0 Å². The number of thiazole rings is 1. The molecule has 1 heterocycles. The van der Waals surface area contributed by atoms with Crippen molar-refractivity contribution in [2.24, 2.45) is 0 Å². The number of rotatable bonds is 6. The van der Waals surface area contributed by atoms with Crippen LogP contribution in [0.1, 0.15) is 5.69 Å². The van der Waals surface area contributed by atoms with Gasteiger partial charge in [-0.25, -0.2) is 22.2 Å². The summed E-state index contributed by atoms with van der Waals surface area (Å²) in [4.78, 5) is 16.1. The number of hydrogen-bond acceptors (Lipinski definition) is 5. The van der Waals surface area contributed by atoms with E-state index < -0.39 is 27.6 Å². The molecule has 3 rings (SSSR count). The van der Waals surface area contributed by atoms with Gasteiger partial charge in [-0.2, -0.15) is 0 Å². The SMILES string of the molecule is O=C(Cc1csc(NS(=O)(=O)c2ccccc2)n1)Nc1ccc(F)cc1F. The first kappa shape index (κ1) is 18.9. The van der Waals surface area contributed by atoms with Gasteiger partial charge in [-0.05, 0) is 24.3 Å². The molecule has 3 aromatic rings. The Morgan fingerprint density at radius 1 is 1.11 bits per heavy atom. The maximum atomic E-state index is 13.6. The van der Waals surface area contributed by atoms with Crippen molar-refractivity contribution in [1.82, 2.24) is 4.98 Å². The number of carbonyl (C=O) groups is 1. The zero-order chi connectivity index (χ0) is 19.4. The van der Waals surface area contributed by atoms with Crippen LogP contribution in [0.15, 0.2) is 58.8 Å². The van der Waals surface area contributed by atoms with Crippen molar-refractivity contribution in [3.63, 3.8) is 0 Å². The Balaban J connectivity index is 1.65. The molecule has 1 amide bonds. The molecular formula is C17H13F2N3O3S2. The molecule has 0 radical (unpaired) electrons. The number of carbonyl (C=O) groups excluding carboxylic acids is 1. The van der Waals surface area contributed by atoms with E-state index in [9.17, 15) is 22.0 Å². The van der Waals surface area contributed by atoms with Crippen LogP contribution in [0.25, 0.3) is 0 Å². The summed E-state index contributed by atoms with van der Waals surface area (Å²) in [5.41, 5.74) is 0.160. The minimum atomic E-state index is -3.77. The topological polar surface area (TPSA) is 88.2 Å². The second-order valence-corrected chi connectivity index (χ2v) is 7.95. The number of benzene rings is 2. The summed E-state index contributed by atoms with van der Waals surface area (Å²) in [6, 6.07) is 10.6. The van der Waals surface area contributed by atoms with Crippen molar-refractivity contribution in [2.75, 3.05) is 10.0 Å². The smallest absolute Gasteiger partial charge is 0.263 e. The largest absolute Gasteiger partial charge is 0.323 e. The Morgan fingerprint density at radius 3 is 2.56 bits per heavy atom. The minimum Gasteiger partial charge on any atom is -0.323 e. The number of anilines is 2. The van der Waals surface area contributed by atoms with Gasteiger partial charge in [0.05, 0.1) is 22.7 Å². The monoisotopic (exact) mass is 409 g/mol. The standard InChI is InChI=1S/C17H13F2N3O3S2/c18-11-6-7-15(14(19)8-11)21-16(23)9-12-10-26-17(20-12)22-27(24,25)13-4-2-1-3-5-13/h1-8,10H,9H2,(H,20,22)(H,21,23). The van der Waals surface area contributed by atoms with Crippen LogP contribution in [0.5, 0.6) is 0 Å². The molecule has 2 N–H and O–H groups in total. The molecule has 0 aliphatic carbocycles. The molecule has 140 valence electrons. The van der Waals surface area contributed by atoms with Crippen LogP contribution in [0, 0.1) is 11.6 Å². The molecule has 0 bridgehead atoms. The summed E-state index contributed by atoms with van der Waals surface area (Å²) in [6.45, 7) is 0. The highest BCUT2D eigenvalue weighted by atomic mass is 32.2. The fourth-order valence-corrected chi connectivity index (χ4v) is 4.14. The molecular weight excluding hydrogens is 396 g/mol. The minimum absolute atomic E-state index is 0.0891. The second-order valence-electron chi connectivity index (χ2n) is 5.41. The van der Waals surface area contributed by atoms with Crippen LogP contribution >= 0.6 is 11.3 Å². The van der Waals surface area contributed by atoms with E-state index in [4.69, 9.17) is 0 Å². The Morgan fingerprint density at radius 2 is 1.85 bits per heavy atom. The van der Waals surface area contributed by atoms with E-state index in [0.29, 0.717) is 11.8 Å². The van der Waals surface area contributed by atoms with Crippen molar-refractivity contribution >= 4 is 38.1 Å². The van der Waals surface area contributed by atoms with Crippen LogP contribution in [0.4, 0.5) is 19.6 Å². The Kier molecular flexibility index (Phi) is 5.47. The summed E-state index contributed by atoms with van der Waals surface area (Å²) in [5.74, 6) is -2.21. The fraction of sp³-hybridized carbons (Fsp3) is 0.0588. The van der Waals surface area contributed by atoms with Gasteiger partial charge in [-0.1, -0.05) is 18.2 Å². The number of hydrogen-bond donors (Lipinski definition) is 2. The third-order valence-electron chi connectivity index (χ3n) is 3.37. The lowest BCUT2D eigenvalue weighted by Gasteiger charge is -2.05. The maximum Gasteiger partial charge on any atom is 0.263 e. The van der Waals surface area contributed by atoms with Crippen molar-refractivity contribution in [3.05, 3.63) is 71.2 Å². The van der Waals surface area contributed by atoms with Crippen LogP contribution in [-0.4, -0.2) is 19.3 Å². The summed E-state index contributed by atoms with van der Waals surface area (Å²) >= 11 is 1.02. The van der Waals surface area contributed by atoms with Gasteiger partial charge in [0, 0.05) is 11.4 Å². The second kappa shape index (κ2) is 7.80. The molecule has 0 spiro atoms. The van der Waals surface area contributed by atoms with Gasteiger partial charge in [-0.15, -0.1) is 11.3 Å². The molecule has 27 heavy (non-hydrogen) atoms. The predicted molar refractivity (Wildman–Crippen MR) is 98.1 cm³/mol. The van der Waals surface area contributed by atoms with Gasteiger partial charge in [0.15, 0.2) is 5.13 Å². The van der Waals surface area contributed by atoms with E-state index >= 15 is 0 Å². The zero-order valence-corrected chi connectivity index (χ0v) is 15.3. The number of aromatic nitrogens is 1. The fourth-order valence-electron chi connectivity index (χ4n) is 2.16. The zero-order valence-electron chi connectivity index (χ0n) is 13.6. The van der Waals surface area contributed by atoms with E-state index in [1.807, 2.05) is 0 Å². The van der Waals surface area contributed by atoms with Crippen molar-refractivity contribution < 1.29 is 22.0 Å². The van der Waals surface area contributed by atoms with E-state index in [1.54, 1.807) is 18.2 Å². The van der Waals surface area contributed by atoms with Crippen molar-refractivity contribution in [3.8, 4) is 0 Å². The normalized spacial score (nSPS) is 11.2. The number of halogens is 2. The van der Waals surface area contributed by atoms with E-state index in [-0.39, 0.29) is 22.1 Å². The third kappa shape index (κ3) is 4.86. The highest BCUT2D eigenvalue weighted by Gasteiger charge is 2.17. The van der Waals surface area contributed by atoms with Gasteiger partial charge in [0.2, 0.25) is 5.91 Å². The van der Waals surface area contributed by atoms with Crippen molar-refractivity contribution in [1.29, 1.82) is 0 Å². The van der Waals surface area contributed by atoms with Crippen LogP contribution in [0.2, 0.25) is 0 Å². The lowest BCUT2D eigenvalue weighted by molar-refractivity contribution is -0.115. The molecule has 10 heteroatoms. The third-order valence-corrected chi connectivity index (χ3v) is 5.66. The number of nitrogens with one attached hydrogen (secondary N) is 2. The Bertz CT molecular complexity index is 1070. The number of amides is 1. The highest BCUT2D eigenvalue weighted by Crippen LogP contribution is 2.21. The quantitative estimate of drug-likeness (QED) is 0.653. The average Bonchev–Trinajstić information content (AvgIpc) is 3.04. The molecule has 0 saturated carbocycles. The molecule has 0 aliphatic rings. The average molecular weight is 409 g/mol. The Labute approximate surface area is 157 Å². The predicted octanol–water partition coefficient (Wildman–Crippen LogP) is 3.40. The summed E-state index contributed by atoms with van der Waals surface area (Å²) < 4.78 is 53.3. The highest BCUT2D eigenvalue weighted by molar-refractivity contribution is 7.93. The molecule has 0 unspecified atom stereocenters. The van der Waals surface area contributed by atoms with Gasteiger partial charge in [0.1, 0.15) is 11.6 Å². The first-order valence-corrected chi connectivity index (χ1v) is 9.97. The van der Waals surface area contributed by atoms with Gasteiger partial charge >= 0.3 is 0 Å².